The lowest BCUT2D eigenvalue weighted by Gasteiger charge is -2.39. The fraction of sp³-hybridized carbons (Fsp3) is 0.412. The molecule has 2 aromatic rings. The van der Waals surface area contributed by atoms with Gasteiger partial charge in [-0.25, -0.2) is 0 Å². The largest absolute Gasteiger partial charge is 0.416 e. The number of hydrogen-bond donors (Lipinski definition) is 0. The molecule has 24 heavy (non-hydrogen) atoms. The smallest absolute Gasteiger partial charge is 0.342 e. The minimum Gasteiger partial charge on any atom is -0.342 e. The number of aryl methyl sites for hydroxylation is 1. The third-order valence-electron chi connectivity index (χ3n) is 4.13. The molecule has 1 aromatic carbocycles. The van der Waals surface area contributed by atoms with Crippen molar-refractivity contribution in [3.8, 4) is 0 Å². The van der Waals surface area contributed by atoms with Crippen LogP contribution >= 0.6 is 0 Å². The summed E-state index contributed by atoms with van der Waals surface area (Å²) >= 11 is 0. The Balaban J connectivity index is 1.52. The Bertz CT molecular complexity index is 733. The first-order chi connectivity index (χ1) is 11.3. The van der Waals surface area contributed by atoms with Crippen molar-refractivity contribution in [2.75, 3.05) is 13.1 Å². The van der Waals surface area contributed by atoms with Gasteiger partial charge in [-0.2, -0.15) is 18.3 Å². The van der Waals surface area contributed by atoms with Gasteiger partial charge < -0.3 is 4.90 Å². The second-order valence-corrected chi connectivity index (χ2v) is 6.28. The normalized spacial score (nSPS) is 15.4. The van der Waals surface area contributed by atoms with Gasteiger partial charge in [-0.3, -0.25) is 9.48 Å². The number of hydrogen-bond acceptors (Lipinski definition) is 2. The van der Waals surface area contributed by atoms with E-state index in [0.29, 0.717) is 24.6 Å². The molecule has 1 aromatic heterocycles. The number of carbonyl (C=O) groups is 1. The average Bonchev–Trinajstić information content (AvgIpc) is 2.87. The van der Waals surface area contributed by atoms with Gasteiger partial charge in [-0.05, 0) is 24.1 Å². The summed E-state index contributed by atoms with van der Waals surface area (Å²) in [4.78, 5) is 13.9. The lowest BCUT2D eigenvalue weighted by Crippen LogP contribution is -2.51. The average molecular weight is 337 g/mol. The summed E-state index contributed by atoms with van der Waals surface area (Å²) < 4.78 is 39.9. The number of likely N-dealkylation sites (tertiary alicyclic amines) is 1. The minimum absolute atomic E-state index is 0.00246. The van der Waals surface area contributed by atoms with E-state index in [1.165, 1.54) is 6.07 Å². The van der Waals surface area contributed by atoms with Crippen LogP contribution in [-0.4, -0.2) is 33.7 Å². The maximum absolute atomic E-state index is 12.7. The zero-order chi connectivity index (χ0) is 17.3. The summed E-state index contributed by atoms with van der Waals surface area (Å²) in [6.45, 7) is 3.96. The number of alkyl halides is 3. The molecule has 0 saturated carbocycles. The molecule has 0 atom stereocenters. The van der Waals surface area contributed by atoms with E-state index in [1.54, 1.807) is 17.2 Å². The van der Waals surface area contributed by atoms with Crippen LogP contribution in [-0.2, 0) is 23.9 Å². The Morgan fingerprint density at radius 1 is 1.33 bits per heavy atom. The van der Waals surface area contributed by atoms with E-state index in [1.807, 2.05) is 17.8 Å². The molecular weight excluding hydrogens is 319 g/mol. The SMILES string of the molecule is Cc1cnn(CC2CN(C(=O)Cc3cccc(C(F)(F)F)c3)C2)c1. The molecule has 0 bridgehead atoms. The quantitative estimate of drug-likeness (QED) is 0.860. The molecule has 4 nitrogen and oxygen atoms in total. The van der Waals surface area contributed by atoms with Crippen molar-refractivity contribution in [1.82, 2.24) is 14.7 Å². The number of carbonyl (C=O) groups excluding carboxylic acids is 1. The van der Waals surface area contributed by atoms with E-state index >= 15 is 0 Å². The second-order valence-electron chi connectivity index (χ2n) is 6.28. The predicted molar refractivity (Wildman–Crippen MR) is 82.2 cm³/mol. The summed E-state index contributed by atoms with van der Waals surface area (Å²) in [7, 11) is 0. The van der Waals surface area contributed by atoms with Crippen molar-refractivity contribution in [2.45, 2.75) is 26.1 Å². The van der Waals surface area contributed by atoms with Crippen LogP contribution in [0.2, 0.25) is 0 Å². The van der Waals surface area contributed by atoms with E-state index in [4.69, 9.17) is 0 Å². The number of amides is 1. The highest BCUT2D eigenvalue weighted by Gasteiger charge is 2.32. The Morgan fingerprint density at radius 3 is 2.71 bits per heavy atom. The van der Waals surface area contributed by atoms with Gasteiger partial charge in [0.25, 0.3) is 0 Å². The van der Waals surface area contributed by atoms with E-state index in [-0.39, 0.29) is 12.3 Å². The van der Waals surface area contributed by atoms with Crippen molar-refractivity contribution < 1.29 is 18.0 Å². The number of benzene rings is 1. The molecular formula is C17H18F3N3O. The zero-order valence-corrected chi connectivity index (χ0v) is 13.3. The highest BCUT2D eigenvalue weighted by molar-refractivity contribution is 5.79. The van der Waals surface area contributed by atoms with E-state index in [9.17, 15) is 18.0 Å². The summed E-state index contributed by atoms with van der Waals surface area (Å²) in [6.07, 6.45) is -0.650. The van der Waals surface area contributed by atoms with E-state index in [2.05, 4.69) is 5.10 Å². The number of nitrogens with zero attached hydrogens (tertiary/aromatic N) is 3. The standard InChI is InChI=1S/C17H18F3N3O/c1-12-7-21-23(8-12)11-14-9-22(10-14)16(24)6-13-3-2-4-15(5-13)17(18,19)20/h2-5,7-8,14H,6,9-11H2,1H3. The van der Waals surface area contributed by atoms with Crippen LogP contribution in [0.15, 0.2) is 36.7 Å². The number of halogens is 3. The first kappa shape index (κ1) is 16.5. The second kappa shape index (κ2) is 6.30. The van der Waals surface area contributed by atoms with Gasteiger partial charge in [0.05, 0.1) is 18.2 Å². The Labute approximate surface area is 137 Å². The van der Waals surface area contributed by atoms with Gasteiger partial charge >= 0.3 is 6.18 Å². The van der Waals surface area contributed by atoms with Crippen molar-refractivity contribution in [1.29, 1.82) is 0 Å². The zero-order valence-electron chi connectivity index (χ0n) is 13.3. The Hall–Kier alpha value is -2.31. The van der Waals surface area contributed by atoms with Crippen LogP contribution in [0.1, 0.15) is 16.7 Å². The van der Waals surface area contributed by atoms with Crippen molar-refractivity contribution in [3.05, 3.63) is 53.3 Å². The number of rotatable bonds is 4. The molecule has 1 saturated heterocycles. The molecule has 0 spiro atoms. The summed E-state index contributed by atoms with van der Waals surface area (Å²) in [5.41, 5.74) is 0.760. The highest BCUT2D eigenvalue weighted by atomic mass is 19.4. The third kappa shape index (κ3) is 3.77. The topological polar surface area (TPSA) is 38.1 Å². The van der Waals surface area contributed by atoms with Crippen molar-refractivity contribution in [3.63, 3.8) is 0 Å². The van der Waals surface area contributed by atoms with Gasteiger partial charge in [-0.15, -0.1) is 0 Å². The van der Waals surface area contributed by atoms with E-state index in [0.717, 1.165) is 24.2 Å². The molecule has 0 N–H and O–H groups in total. The molecule has 1 aliphatic heterocycles. The molecule has 3 rings (SSSR count). The van der Waals surface area contributed by atoms with Crippen LogP contribution in [0, 0.1) is 12.8 Å². The van der Waals surface area contributed by atoms with Crippen LogP contribution in [0.4, 0.5) is 13.2 Å². The van der Waals surface area contributed by atoms with Crippen molar-refractivity contribution >= 4 is 5.91 Å². The first-order valence-corrected chi connectivity index (χ1v) is 7.74. The van der Waals surface area contributed by atoms with Gasteiger partial charge in [-0.1, -0.05) is 18.2 Å². The summed E-state index contributed by atoms with van der Waals surface area (Å²) in [5.74, 6) is 0.206. The maximum Gasteiger partial charge on any atom is 0.416 e. The first-order valence-electron chi connectivity index (χ1n) is 7.74. The molecule has 1 fully saturated rings. The Morgan fingerprint density at radius 2 is 2.08 bits per heavy atom. The molecule has 0 aliphatic carbocycles. The molecule has 1 aliphatic rings. The summed E-state index contributed by atoms with van der Waals surface area (Å²) in [5, 5.41) is 4.21. The monoisotopic (exact) mass is 337 g/mol. The number of aromatic nitrogens is 2. The van der Waals surface area contributed by atoms with Gasteiger partial charge in [0.15, 0.2) is 0 Å². The third-order valence-corrected chi connectivity index (χ3v) is 4.13. The molecule has 7 heteroatoms. The van der Waals surface area contributed by atoms with Gasteiger partial charge in [0.2, 0.25) is 5.91 Å². The lowest BCUT2D eigenvalue weighted by molar-refractivity contribution is -0.139. The van der Waals surface area contributed by atoms with Crippen LogP contribution in [0.5, 0.6) is 0 Å². The maximum atomic E-state index is 12.7. The van der Waals surface area contributed by atoms with Crippen LogP contribution in [0.3, 0.4) is 0 Å². The fourth-order valence-corrected chi connectivity index (χ4v) is 2.86. The van der Waals surface area contributed by atoms with Gasteiger partial charge in [0.1, 0.15) is 0 Å². The van der Waals surface area contributed by atoms with Gasteiger partial charge in [0, 0.05) is 31.7 Å². The van der Waals surface area contributed by atoms with E-state index < -0.39 is 11.7 Å². The minimum atomic E-state index is -4.39. The summed E-state index contributed by atoms with van der Waals surface area (Å²) in [6, 6.07) is 4.95. The fourth-order valence-electron chi connectivity index (χ4n) is 2.86. The molecule has 128 valence electrons. The van der Waals surface area contributed by atoms with Crippen molar-refractivity contribution in [2.24, 2.45) is 5.92 Å². The molecule has 1 amide bonds. The Kier molecular flexibility index (Phi) is 4.34. The molecule has 0 radical (unpaired) electrons. The van der Waals surface area contributed by atoms with Crippen LogP contribution < -0.4 is 0 Å². The highest BCUT2D eigenvalue weighted by Crippen LogP contribution is 2.30. The molecule has 2 heterocycles. The predicted octanol–water partition coefficient (Wildman–Crippen LogP) is 2.91. The van der Waals surface area contributed by atoms with Crippen LogP contribution in [0.25, 0.3) is 0 Å². The molecule has 0 unspecified atom stereocenters. The lowest BCUT2D eigenvalue weighted by atomic mass is 9.98.